The second kappa shape index (κ2) is 6.27. The Labute approximate surface area is 117 Å². The minimum absolute atomic E-state index is 0.139. The van der Waals surface area contributed by atoms with Crippen LogP contribution in [-0.2, 0) is 4.74 Å². The lowest BCUT2D eigenvalue weighted by atomic mass is 9.99. The van der Waals surface area contributed by atoms with E-state index in [9.17, 15) is 4.79 Å². The summed E-state index contributed by atoms with van der Waals surface area (Å²) < 4.78 is 5.48. The van der Waals surface area contributed by atoms with Gasteiger partial charge in [0.1, 0.15) is 5.60 Å². The van der Waals surface area contributed by atoms with Crippen molar-refractivity contribution in [1.29, 1.82) is 0 Å². The first kappa shape index (κ1) is 15.8. The van der Waals surface area contributed by atoms with Crippen molar-refractivity contribution >= 4 is 6.09 Å². The molecule has 0 spiro atoms. The van der Waals surface area contributed by atoms with Gasteiger partial charge < -0.3 is 9.64 Å². The Morgan fingerprint density at radius 3 is 2.47 bits per heavy atom. The number of ether oxygens (including phenoxy) is 1. The molecule has 1 amide bonds. The second-order valence-corrected chi connectivity index (χ2v) is 6.37. The SMILES string of the molecule is C=C(C)/C(C)=C/C1CCCCN1C(=O)OC(C)(C)C. The van der Waals surface area contributed by atoms with Crippen LogP contribution in [0.25, 0.3) is 0 Å². The van der Waals surface area contributed by atoms with Gasteiger partial charge in [-0.15, -0.1) is 0 Å². The monoisotopic (exact) mass is 265 g/mol. The van der Waals surface area contributed by atoms with Gasteiger partial charge in [-0.2, -0.15) is 0 Å². The fourth-order valence-electron chi connectivity index (χ4n) is 2.11. The summed E-state index contributed by atoms with van der Waals surface area (Å²) in [4.78, 5) is 14.1. The molecule has 1 rings (SSSR count). The average Bonchev–Trinajstić information content (AvgIpc) is 2.27. The third kappa shape index (κ3) is 5.09. The lowest BCUT2D eigenvalue weighted by molar-refractivity contribution is 0.0149. The topological polar surface area (TPSA) is 29.5 Å². The summed E-state index contributed by atoms with van der Waals surface area (Å²) in [7, 11) is 0. The number of carbonyl (C=O) groups is 1. The molecule has 1 saturated heterocycles. The molecule has 1 fully saturated rings. The predicted octanol–water partition coefficient (Wildman–Crippen LogP) is 4.30. The van der Waals surface area contributed by atoms with E-state index in [1.54, 1.807) is 0 Å². The summed E-state index contributed by atoms with van der Waals surface area (Å²) in [6, 6.07) is 0.139. The van der Waals surface area contributed by atoms with Crippen molar-refractivity contribution in [2.24, 2.45) is 0 Å². The zero-order chi connectivity index (χ0) is 14.6. The standard InChI is InChI=1S/C16H27NO2/c1-12(2)13(3)11-14-9-7-8-10-17(14)15(18)19-16(4,5)6/h11,14H,1,7-10H2,2-6H3/b13-11+. The maximum absolute atomic E-state index is 12.2. The van der Waals surface area contributed by atoms with Gasteiger partial charge in [0, 0.05) is 6.54 Å². The van der Waals surface area contributed by atoms with Gasteiger partial charge in [-0.25, -0.2) is 4.79 Å². The first-order chi connectivity index (χ1) is 8.70. The minimum Gasteiger partial charge on any atom is -0.444 e. The van der Waals surface area contributed by atoms with Gasteiger partial charge in [0.05, 0.1) is 6.04 Å². The van der Waals surface area contributed by atoms with Crippen molar-refractivity contribution in [3.05, 3.63) is 23.8 Å². The quantitative estimate of drug-likeness (QED) is 0.697. The van der Waals surface area contributed by atoms with Crippen molar-refractivity contribution in [3.8, 4) is 0 Å². The van der Waals surface area contributed by atoms with Crippen LogP contribution in [0.2, 0.25) is 0 Å². The van der Waals surface area contributed by atoms with Crippen LogP contribution in [0, 0.1) is 0 Å². The van der Waals surface area contributed by atoms with E-state index in [2.05, 4.69) is 12.7 Å². The molecule has 0 aromatic carbocycles. The molecule has 1 atom stereocenters. The third-order valence-electron chi connectivity index (χ3n) is 3.29. The number of rotatable bonds is 2. The molecule has 0 bridgehead atoms. The van der Waals surface area contributed by atoms with Crippen LogP contribution >= 0.6 is 0 Å². The molecule has 0 radical (unpaired) electrons. The van der Waals surface area contributed by atoms with Crippen LogP contribution in [0.15, 0.2) is 23.8 Å². The first-order valence-electron chi connectivity index (χ1n) is 7.04. The number of carbonyl (C=O) groups excluding carboxylic acids is 1. The molecule has 1 unspecified atom stereocenters. The summed E-state index contributed by atoms with van der Waals surface area (Å²) in [6.45, 7) is 14.5. The number of hydrogen-bond acceptors (Lipinski definition) is 2. The Bertz CT molecular complexity index is 377. The van der Waals surface area contributed by atoms with Crippen molar-refractivity contribution in [2.45, 2.75) is 65.5 Å². The number of allylic oxidation sites excluding steroid dienone is 2. The van der Waals surface area contributed by atoms with Gasteiger partial charge in [-0.3, -0.25) is 0 Å². The normalized spacial score (nSPS) is 21.2. The number of piperidine rings is 1. The summed E-state index contributed by atoms with van der Waals surface area (Å²) >= 11 is 0. The summed E-state index contributed by atoms with van der Waals surface area (Å²) in [6.07, 6.45) is 5.15. The molecule has 0 aromatic rings. The van der Waals surface area contributed by atoms with Gasteiger partial charge in [0.2, 0.25) is 0 Å². The van der Waals surface area contributed by atoms with Gasteiger partial charge >= 0.3 is 6.09 Å². The molecule has 0 aromatic heterocycles. The summed E-state index contributed by atoms with van der Waals surface area (Å²) in [5.41, 5.74) is 1.77. The Morgan fingerprint density at radius 1 is 1.32 bits per heavy atom. The van der Waals surface area contributed by atoms with E-state index in [0.717, 1.165) is 37.0 Å². The minimum atomic E-state index is -0.438. The number of amides is 1. The number of nitrogens with zero attached hydrogens (tertiary/aromatic N) is 1. The van der Waals surface area contributed by atoms with Crippen LogP contribution in [-0.4, -0.2) is 29.2 Å². The molecule has 0 saturated carbocycles. The molecule has 0 aliphatic carbocycles. The maximum Gasteiger partial charge on any atom is 0.410 e. The fourth-order valence-corrected chi connectivity index (χ4v) is 2.11. The molecule has 1 aliphatic rings. The molecule has 1 aliphatic heterocycles. The average molecular weight is 265 g/mol. The van der Waals surface area contributed by atoms with Crippen LogP contribution in [0.5, 0.6) is 0 Å². The highest BCUT2D eigenvalue weighted by molar-refractivity contribution is 5.69. The van der Waals surface area contributed by atoms with Gasteiger partial charge in [-0.05, 0) is 53.9 Å². The van der Waals surface area contributed by atoms with E-state index in [0.29, 0.717) is 0 Å². The predicted molar refractivity (Wildman–Crippen MR) is 79.2 cm³/mol. The van der Waals surface area contributed by atoms with Crippen LogP contribution in [0.3, 0.4) is 0 Å². The van der Waals surface area contributed by atoms with E-state index in [-0.39, 0.29) is 12.1 Å². The van der Waals surface area contributed by atoms with Crippen LogP contribution in [0.4, 0.5) is 4.79 Å². The molecule has 19 heavy (non-hydrogen) atoms. The highest BCUT2D eigenvalue weighted by Crippen LogP contribution is 2.23. The van der Waals surface area contributed by atoms with E-state index >= 15 is 0 Å². The molecule has 3 nitrogen and oxygen atoms in total. The molecular formula is C16H27NO2. The zero-order valence-corrected chi connectivity index (χ0v) is 13.0. The highest BCUT2D eigenvalue weighted by atomic mass is 16.6. The Hall–Kier alpha value is -1.25. The highest BCUT2D eigenvalue weighted by Gasteiger charge is 2.29. The van der Waals surface area contributed by atoms with E-state index < -0.39 is 5.60 Å². The van der Waals surface area contributed by atoms with Crippen LogP contribution in [0.1, 0.15) is 53.9 Å². The Balaban J connectivity index is 2.81. The molecule has 1 heterocycles. The fraction of sp³-hybridized carbons (Fsp3) is 0.688. The lowest BCUT2D eigenvalue weighted by Gasteiger charge is -2.35. The Morgan fingerprint density at radius 2 is 1.95 bits per heavy atom. The second-order valence-electron chi connectivity index (χ2n) is 6.37. The van der Waals surface area contributed by atoms with Gasteiger partial charge in [0.25, 0.3) is 0 Å². The smallest absolute Gasteiger partial charge is 0.410 e. The van der Waals surface area contributed by atoms with Crippen LogP contribution < -0.4 is 0 Å². The van der Waals surface area contributed by atoms with Crippen molar-refractivity contribution < 1.29 is 9.53 Å². The van der Waals surface area contributed by atoms with E-state index in [1.807, 2.05) is 39.5 Å². The summed E-state index contributed by atoms with van der Waals surface area (Å²) in [5.74, 6) is 0. The molecular weight excluding hydrogens is 238 g/mol. The third-order valence-corrected chi connectivity index (χ3v) is 3.29. The van der Waals surface area contributed by atoms with Crippen molar-refractivity contribution in [3.63, 3.8) is 0 Å². The van der Waals surface area contributed by atoms with Gasteiger partial charge in [0.15, 0.2) is 0 Å². The molecule has 108 valence electrons. The van der Waals surface area contributed by atoms with Gasteiger partial charge in [-0.1, -0.05) is 23.8 Å². The number of likely N-dealkylation sites (tertiary alicyclic amines) is 1. The largest absolute Gasteiger partial charge is 0.444 e. The maximum atomic E-state index is 12.2. The Kier molecular flexibility index (Phi) is 5.21. The number of hydrogen-bond donors (Lipinski definition) is 0. The van der Waals surface area contributed by atoms with E-state index in [1.165, 1.54) is 0 Å². The zero-order valence-electron chi connectivity index (χ0n) is 13.0. The summed E-state index contributed by atoms with van der Waals surface area (Å²) in [5, 5.41) is 0. The first-order valence-corrected chi connectivity index (χ1v) is 7.04. The lowest BCUT2D eigenvalue weighted by Crippen LogP contribution is -2.45. The molecule has 3 heteroatoms. The van der Waals surface area contributed by atoms with Crippen molar-refractivity contribution in [2.75, 3.05) is 6.54 Å². The molecule has 0 N–H and O–H groups in total. The van der Waals surface area contributed by atoms with Crippen molar-refractivity contribution in [1.82, 2.24) is 4.90 Å². The van der Waals surface area contributed by atoms with E-state index in [4.69, 9.17) is 4.74 Å².